The van der Waals surface area contributed by atoms with Gasteiger partial charge in [-0.3, -0.25) is 10.3 Å². The van der Waals surface area contributed by atoms with E-state index in [9.17, 15) is 9.18 Å². The predicted octanol–water partition coefficient (Wildman–Crippen LogP) is 5.03. The van der Waals surface area contributed by atoms with Crippen LogP contribution >= 0.6 is 11.3 Å². The molecule has 0 aromatic carbocycles. The van der Waals surface area contributed by atoms with Gasteiger partial charge in [0, 0.05) is 11.8 Å². The number of nitrogens with zero attached hydrogens (tertiary/aromatic N) is 2. The van der Waals surface area contributed by atoms with Gasteiger partial charge in [-0.25, -0.2) is 14.2 Å². The van der Waals surface area contributed by atoms with Gasteiger partial charge in [0.05, 0.1) is 11.9 Å². The summed E-state index contributed by atoms with van der Waals surface area (Å²) in [4.78, 5) is 19.9. The lowest BCUT2D eigenvalue weighted by molar-refractivity contribution is 0.0636. The van der Waals surface area contributed by atoms with E-state index >= 15 is 0 Å². The lowest BCUT2D eigenvalue weighted by atomic mass is 10.2. The van der Waals surface area contributed by atoms with Crippen LogP contribution in [0.25, 0.3) is 10.6 Å². The minimum Gasteiger partial charge on any atom is -0.444 e. The number of aryl methyl sites for hydroxylation is 1. The highest BCUT2D eigenvalue weighted by atomic mass is 32.1. The summed E-state index contributed by atoms with van der Waals surface area (Å²) in [6, 6.07) is 1.35. The lowest BCUT2D eigenvalue weighted by Crippen LogP contribution is -2.27. The number of thiazole rings is 1. The number of rotatable bonds is 2. The minimum absolute atomic E-state index is 0.429. The van der Waals surface area contributed by atoms with Gasteiger partial charge in [0.1, 0.15) is 21.4 Å². The van der Waals surface area contributed by atoms with E-state index in [0.29, 0.717) is 21.3 Å². The zero-order chi connectivity index (χ0) is 17.6. The molecule has 0 radical (unpaired) electrons. The van der Waals surface area contributed by atoms with Gasteiger partial charge < -0.3 is 4.74 Å². The number of amides is 1. The third kappa shape index (κ3) is 5.94. The van der Waals surface area contributed by atoms with Crippen LogP contribution in [0.5, 0.6) is 0 Å². The average Bonchev–Trinajstić information content (AvgIpc) is 2.80. The Morgan fingerprint density at radius 1 is 1.30 bits per heavy atom. The van der Waals surface area contributed by atoms with Gasteiger partial charge in [-0.1, -0.05) is 25.2 Å². The van der Waals surface area contributed by atoms with E-state index in [1.807, 2.05) is 13.8 Å². The standard InChI is InChI=1S/C14H16FN3O2S.C2H6/c1-8-11(18-13(19)20-14(2,3)4)21-12(17-8)9-5-10(15)7-16-6-9;1-2/h5-7H,1-4H3,(H,18,19);1-2H3. The highest BCUT2D eigenvalue weighted by Crippen LogP contribution is 2.31. The molecule has 1 amide bonds. The topological polar surface area (TPSA) is 64.1 Å². The zero-order valence-corrected chi connectivity index (χ0v) is 15.0. The van der Waals surface area contributed by atoms with Crippen LogP contribution in [0, 0.1) is 12.7 Å². The van der Waals surface area contributed by atoms with Crippen LogP contribution in [0.15, 0.2) is 18.5 Å². The van der Waals surface area contributed by atoms with Crippen LogP contribution in [0.4, 0.5) is 14.2 Å². The first-order valence-corrected chi connectivity index (χ1v) is 8.14. The molecule has 23 heavy (non-hydrogen) atoms. The van der Waals surface area contributed by atoms with Crippen molar-refractivity contribution in [3.05, 3.63) is 30.0 Å². The van der Waals surface area contributed by atoms with E-state index < -0.39 is 17.5 Å². The molecule has 0 bridgehead atoms. The molecule has 0 aliphatic rings. The van der Waals surface area contributed by atoms with Crippen LogP contribution < -0.4 is 5.32 Å². The minimum atomic E-state index is -0.571. The van der Waals surface area contributed by atoms with Gasteiger partial charge in [-0.15, -0.1) is 0 Å². The zero-order valence-electron chi connectivity index (χ0n) is 14.2. The van der Waals surface area contributed by atoms with Crippen LogP contribution in [0.3, 0.4) is 0 Å². The molecule has 7 heteroatoms. The Labute approximate surface area is 139 Å². The molecule has 2 aromatic rings. The van der Waals surface area contributed by atoms with Crippen molar-refractivity contribution >= 4 is 22.4 Å². The molecule has 0 saturated carbocycles. The monoisotopic (exact) mass is 339 g/mol. The maximum absolute atomic E-state index is 13.2. The first kappa shape index (κ1) is 19.0. The van der Waals surface area contributed by atoms with E-state index in [0.717, 1.165) is 6.20 Å². The molecule has 126 valence electrons. The second-order valence-electron chi connectivity index (χ2n) is 5.45. The fourth-order valence-electron chi connectivity index (χ4n) is 1.56. The molecule has 0 spiro atoms. The highest BCUT2D eigenvalue weighted by molar-refractivity contribution is 7.19. The molecule has 5 nitrogen and oxygen atoms in total. The van der Waals surface area contributed by atoms with Gasteiger partial charge in [0.2, 0.25) is 0 Å². The van der Waals surface area contributed by atoms with Crippen LogP contribution in [0.1, 0.15) is 40.3 Å². The van der Waals surface area contributed by atoms with E-state index in [2.05, 4.69) is 15.3 Å². The Bertz CT molecular complexity index is 666. The van der Waals surface area contributed by atoms with Gasteiger partial charge in [-0.05, 0) is 33.8 Å². The molecule has 2 aromatic heterocycles. The number of pyridine rings is 1. The first-order valence-electron chi connectivity index (χ1n) is 7.33. The number of carbonyl (C=O) groups excluding carboxylic acids is 1. The molecular formula is C16H22FN3O2S. The number of anilines is 1. The van der Waals surface area contributed by atoms with Gasteiger partial charge >= 0.3 is 6.09 Å². The fraction of sp³-hybridized carbons (Fsp3) is 0.438. The molecule has 0 saturated heterocycles. The van der Waals surface area contributed by atoms with Crippen molar-refractivity contribution < 1.29 is 13.9 Å². The Kier molecular flexibility index (Phi) is 6.62. The third-order valence-electron chi connectivity index (χ3n) is 2.36. The molecule has 2 heterocycles. The quantitative estimate of drug-likeness (QED) is 0.834. The molecule has 0 aliphatic heterocycles. The van der Waals surface area contributed by atoms with Crippen LogP contribution in [0.2, 0.25) is 0 Å². The Morgan fingerprint density at radius 2 is 1.96 bits per heavy atom. The Hall–Kier alpha value is -2.02. The molecule has 0 aliphatic carbocycles. The average molecular weight is 339 g/mol. The number of hydrogen-bond acceptors (Lipinski definition) is 5. The number of hydrogen-bond donors (Lipinski definition) is 1. The number of nitrogens with one attached hydrogen (secondary N) is 1. The molecule has 0 atom stereocenters. The van der Waals surface area contributed by atoms with Crippen molar-refractivity contribution in [2.24, 2.45) is 0 Å². The van der Waals surface area contributed by atoms with E-state index in [1.165, 1.54) is 23.6 Å². The van der Waals surface area contributed by atoms with Gasteiger partial charge in [0.15, 0.2) is 0 Å². The normalized spacial score (nSPS) is 10.6. The van der Waals surface area contributed by atoms with E-state index in [-0.39, 0.29) is 0 Å². The second-order valence-corrected chi connectivity index (χ2v) is 6.45. The summed E-state index contributed by atoms with van der Waals surface area (Å²) in [7, 11) is 0. The predicted molar refractivity (Wildman–Crippen MR) is 91.2 cm³/mol. The van der Waals surface area contributed by atoms with Crippen molar-refractivity contribution in [2.75, 3.05) is 5.32 Å². The molecule has 0 unspecified atom stereocenters. The first-order chi connectivity index (χ1) is 10.7. The highest BCUT2D eigenvalue weighted by Gasteiger charge is 2.18. The maximum atomic E-state index is 13.2. The van der Waals surface area contributed by atoms with Crippen molar-refractivity contribution in [1.29, 1.82) is 0 Å². The molecule has 2 rings (SSSR count). The summed E-state index contributed by atoms with van der Waals surface area (Å²) < 4.78 is 18.4. The maximum Gasteiger partial charge on any atom is 0.412 e. The number of halogens is 1. The number of ether oxygens (including phenoxy) is 1. The van der Waals surface area contributed by atoms with Crippen molar-refractivity contribution in [2.45, 2.75) is 47.1 Å². The summed E-state index contributed by atoms with van der Waals surface area (Å²) in [5, 5.41) is 3.81. The summed E-state index contributed by atoms with van der Waals surface area (Å²) in [6.07, 6.45) is 2.11. The second kappa shape index (κ2) is 8.01. The van der Waals surface area contributed by atoms with Crippen molar-refractivity contribution in [3.63, 3.8) is 0 Å². The SMILES string of the molecule is CC.Cc1nc(-c2cncc(F)c2)sc1NC(=O)OC(C)(C)C. The van der Waals surface area contributed by atoms with Gasteiger partial charge in [-0.2, -0.15) is 0 Å². The summed E-state index contributed by atoms with van der Waals surface area (Å²) in [5.41, 5.74) is 0.642. The summed E-state index contributed by atoms with van der Waals surface area (Å²) in [5.74, 6) is -0.429. The van der Waals surface area contributed by atoms with E-state index in [4.69, 9.17) is 4.74 Å². The van der Waals surface area contributed by atoms with Crippen LogP contribution in [-0.4, -0.2) is 21.7 Å². The number of aromatic nitrogens is 2. The third-order valence-corrected chi connectivity index (χ3v) is 3.48. The molecule has 1 N–H and O–H groups in total. The molecule has 0 fully saturated rings. The van der Waals surface area contributed by atoms with Crippen LogP contribution in [-0.2, 0) is 4.74 Å². The summed E-state index contributed by atoms with van der Waals surface area (Å²) >= 11 is 1.25. The lowest BCUT2D eigenvalue weighted by Gasteiger charge is -2.19. The van der Waals surface area contributed by atoms with Gasteiger partial charge in [0.25, 0.3) is 0 Å². The Balaban J connectivity index is 0.00000127. The van der Waals surface area contributed by atoms with Crippen molar-refractivity contribution in [3.8, 4) is 10.6 Å². The number of carbonyl (C=O) groups is 1. The Morgan fingerprint density at radius 3 is 2.52 bits per heavy atom. The molecular weight excluding hydrogens is 317 g/mol. The van der Waals surface area contributed by atoms with Crippen molar-refractivity contribution in [1.82, 2.24) is 9.97 Å². The fourth-order valence-corrected chi connectivity index (χ4v) is 2.49. The largest absolute Gasteiger partial charge is 0.444 e. The smallest absolute Gasteiger partial charge is 0.412 e. The van der Waals surface area contributed by atoms with E-state index in [1.54, 1.807) is 27.7 Å². The summed E-state index contributed by atoms with van der Waals surface area (Å²) in [6.45, 7) is 11.1.